The highest BCUT2D eigenvalue weighted by atomic mass is 16.5. The molecule has 1 saturated carbocycles. The smallest absolute Gasteiger partial charge is 0.243 e. The van der Waals surface area contributed by atoms with Crippen LogP contribution in [-0.4, -0.2) is 17.3 Å². The van der Waals surface area contributed by atoms with Crippen LogP contribution >= 0.6 is 0 Å². The van der Waals surface area contributed by atoms with Crippen molar-refractivity contribution in [2.45, 2.75) is 64.0 Å². The second-order valence-electron chi connectivity index (χ2n) is 5.63. The third-order valence-electron chi connectivity index (χ3n) is 4.44. The van der Waals surface area contributed by atoms with Crippen LogP contribution in [0.15, 0.2) is 4.52 Å². The van der Waals surface area contributed by atoms with Crippen molar-refractivity contribution in [3.63, 3.8) is 0 Å². The summed E-state index contributed by atoms with van der Waals surface area (Å²) < 4.78 is 11.1. The van der Waals surface area contributed by atoms with Crippen LogP contribution in [0.2, 0.25) is 0 Å². The molecule has 0 spiro atoms. The van der Waals surface area contributed by atoms with Crippen LogP contribution in [0.25, 0.3) is 0 Å². The van der Waals surface area contributed by atoms with Crippen LogP contribution in [0.1, 0.15) is 70.1 Å². The molecule has 5 heteroatoms. The molecule has 1 aromatic heterocycles. The van der Waals surface area contributed by atoms with E-state index in [2.05, 4.69) is 24.0 Å². The molecule has 2 atom stereocenters. The van der Waals surface area contributed by atoms with Gasteiger partial charge in [0.15, 0.2) is 0 Å². The van der Waals surface area contributed by atoms with Gasteiger partial charge in [-0.2, -0.15) is 4.98 Å². The molecule has 0 bridgehead atoms. The second-order valence-corrected chi connectivity index (χ2v) is 5.63. The number of ether oxygens (including phenoxy) is 1. The summed E-state index contributed by atoms with van der Waals surface area (Å²) in [5, 5.41) is 4.13. The molecule has 2 rings (SSSR count). The van der Waals surface area contributed by atoms with Crippen molar-refractivity contribution in [2.75, 3.05) is 7.11 Å². The SMILES string of the molecule is CC[C@H](C)[C@H](N)c1nc(C2(OC)CCCCC2)no1. The topological polar surface area (TPSA) is 74.2 Å². The molecule has 1 aromatic rings. The molecule has 19 heavy (non-hydrogen) atoms. The maximum absolute atomic E-state index is 6.14. The fraction of sp³-hybridized carbons (Fsp3) is 0.857. The number of methoxy groups -OCH3 is 1. The van der Waals surface area contributed by atoms with E-state index in [0.29, 0.717) is 17.6 Å². The Labute approximate surface area is 114 Å². The summed E-state index contributed by atoms with van der Waals surface area (Å²) in [5.41, 5.74) is 5.77. The van der Waals surface area contributed by atoms with E-state index in [1.165, 1.54) is 6.42 Å². The van der Waals surface area contributed by atoms with E-state index in [1.54, 1.807) is 7.11 Å². The highest BCUT2D eigenvalue weighted by Crippen LogP contribution is 2.38. The first kappa shape index (κ1) is 14.5. The van der Waals surface area contributed by atoms with Crippen LogP contribution in [-0.2, 0) is 10.3 Å². The lowest BCUT2D eigenvalue weighted by atomic mass is 9.84. The maximum Gasteiger partial charge on any atom is 0.243 e. The van der Waals surface area contributed by atoms with E-state index in [9.17, 15) is 0 Å². The first-order chi connectivity index (χ1) is 9.13. The van der Waals surface area contributed by atoms with Gasteiger partial charge in [-0.05, 0) is 18.8 Å². The minimum absolute atomic E-state index is 0.191. The van der Waals surface area contributed by atoms with Crippen LogP contribution in [0.3, 0.4) is 0 Å². The second kappa shape index (κ2) is 6.01. The lowest BCUT2D eigenvalue weighted by Crippen LogP contribution is -2.32. The molecule has 5 nitrogen and oxygen atoms in total. The highest BCUT2D eigenvalue weighted by molar-refractivity contribution is 5.05. The molecule has 108 valence electrons. The van der Waals surface area contributed by atoms with Gasteiger partial charge in [0, 0.05) is 7.11 Å². The number of aromatic nitrogens is 2. The molecule has 0 aromatic carbocycles. The first-order valence-corrected chi connectivity index (χ1v) is 7.28. The van der Waals surface area contributed by atoms with E-state index >= 15 is 0 Å². The predicted octanol–water partition coefficient (Wildman–Crippen LogP) is 2.92. The zero-order valence-corrected chi connectivity index (χ0v) is 12.2. The summed E-state index contributed by atoms with van der Waals surface area (Å²) in [7, 11) is 1.73. The standard InChI is InChI=1S/C14H25N3O2/c1-4-10(2)11(15)12-16-13(17-19-12)14(18-3)8-6-5-7-9-14/h10-11H,4-9,15H2,1-3H3/t10-,11-/m0/s1. The van der Waals surface area contributed by atoms with Crippen molar-refractivity contribution in [2.24, 2.45) is 11.7 Å². The Kier molecular flexibility index (Phi) is 4.58. The van der Waals surface area contributed by atoms with E-state index in [0.717, 1.165) is 32.1 Å². The Bertz CT molecular complexity index is 399. The molecular weight excluding hydrogens is 242 g/mol. The third-order valence-corrected chi connectivity index (χ3v) is 4.44. The van der Waals surface area contributed by atoms with Gasteiger partial charge in [-0.15, -0.1) is 0 Å². The van der Waals surface area contributed by atoms with Gasteiger partial charge in [0.1, 0.15) is 5.60 Å². The monoisotopic (exact) mass is 267 g/mol. The molecule has 1 aliphatic carbocycles. The lowest BCUT2D eigenvalue weighted by molar-refractivity contribution is -0.0527. The Morgan fingerprint density at radius 2 is 2.05 bits per heavy atom. The summed E-state index contributed by atoms with van der Waals surface area (Å²) >= 11 is 0. The highest BCUT2D eigenvalue weighted by Gasteiger charge is 2.39. The Morgan fingerprint density at radius 3 is 2.63 bits per heavy atom. The molecule has 0 unspecified atom stereocenters. The van der Waals surface area contributed by atoms with Gasteiger partial charge in [-0.3, -0.25) is 0 Å². The van der Waals surface area contributed by atoms with Gasteiger partial charge in [0.05, 0.1) is 6.04 Å². The van der Waals surface area contributed by atoms with Crippen LogP contribution < -0.4 is 5.73 Å². The summed E-state index contributed by atoms with van der Waals surface area (Å²) in [6.07, 6.45) is 6.46. The zero-order valence-electron chi connectivity index (χ0n) is 12.2. The van der Waals surface area contributed by atoms with Gasteiger partial charge in [-0.25, -0.2) is 0 Å². The molecule has 1 aliphatic rings. The number of nitrogens with zero attached hydrogens (tertiary/aromatic N) is 2. The van der Waals surface area contributed by atoms with Crippen molar-refractivity contribution in [3.8, 4) is 0 Å². The first-order valence-electron chi connectivity index (χ1n) is 7.28. The molecule has 0 aliphatic heterocycles. The Morgan fingerprint density at radius 1 is 1.37 bits per heavy atom. The summed E-state index contributed by atoms with van der Waals surface area (Å²) in [6.45, 7) is 4.21. The minimum Gasteiger partial charge on any atom is -0.370 e. The zero-order chi connectivity index (χ0) is 13.9. The Balaban J connectivity index is 2.19. The van der Waals surface area contributed by atoms with Crippen LogP contribution in [0, 0.1) is 5.92 Å². The van der Waals surface area contributed by atoms with Gasteiger partial charge < -0.3 is 15.0 Å². The average Bonchev–Trinajstić information content (AvgIpc) is 2.96. The van der Waals surface area contributed by atoms with Crippen molar-refractivity contribution in [1.29, 1.82) is 0 Å². The summed E-state index contributed by atoms with van der Waals surface area (Å²) in [5.74, 6) is 1.54. The van der Waals surface area contributed by atoms with Crippen molar-refractivity contribution >= 4 is 0 Å². The molecule has 0 amide bonds. The number of hydrogen-bond donors (Lipinski definition) is 1. The molecule has 0 radical (unpaired) electrons. The van der Waals surface area contributed by atoms with E-state index < -0.39 is 0 Å². The minimum atomic E-state index is -0.366. The number of hydrogen-bond acceptors (Lipinski definition) is 5. The molecule has 0 saturated heterocycles. The third kappa shape index (κ3) is 2.82. The van der Waals surface area contributed by atoms with Crippen molar-refractivity contribution in [1.82, 2.24) is 10.1 Å². The molecule has 1 fully saturated rings. The normalized spacial score (nSPS) is 22.1. The van der Waals surface area contributed by atoms with Crippen molar-refractivity contribution < 1.29 is 9.26 Å². The van der Waals surface area contributed by atoms with E-state index in [-0.39, 0.29) is 11.6 Å². The summed E-state index contributed by atoms with van der Waals surface area (Å²) in [6, 6.07) is -0.191. The van der Waals surface area contributed by atoms with Gasteiger partial charge in [0.25, 0.3) is 0 Å². The lowest BCUT2D eigenvalue weighted by Gasteiger charge is -2.32. The summed E-state index contributed by atoms with van der Waals surface area (Å²) in [4.78, 5) is 4.52. The van der Waals surface area contributed by atoms with E-state index in [4.69, 9.17) is 15.0 Å². The Hall–Kier alpha value is -0.940. The van der Waals surface area contributed by atoms with Crippen LogP contribution in [0.4, 0.5) is 0 Å². The predicted molar refractivity (Wildman–Crippen MR) is 72.5 cm³/mol. The van der Waals surface area contributed by atoms with Gasteiger partial charge in [-0.1, -0.05) is 44.7 Å². The molecule has 1 heterocycles. The average molecular weight is 267 g/mol. The van der Waals surface area contributed by atoms with E-state index in [1.807, 2.05) is 0 Å². The van der Waals surface area contributed by atoms with Gasteiger partial charge >= 0.3 is 0 Å². The van der Waals surface area contributed by atoms with Gasteiger partial charge in [0.2, 0.25) is 11.7 Å². The maximum atomic E-state index is 6.14. The molecule has 2 N–H and O–H groups in total. The molecular formula is C14H25N3O2. The fourth-order valence-corrected chi connectivity index (χ4v) is 2.69. The van der Waals surface area contributed by atoms with Crippen molar-refractivity contribution in [3.05, 3.63) is 11.7 Å². The largest absolute Gasteiger partial charge is 0.370 e. The number of nitrogens with two attached hydrogens (primary N) is 1. The van der Waals surface area contributed by atoms with Crippen LogP contribution in [0.5, 0.6) is 0 Å². The fourth-order valence-electron chi connectivity index (χ4n) is 2.69. The quantitative estimate of drug-likeness (QED) is 0.887. The number of rotatable bonds is 5.